The van der Waals surface area contributed by atoms with Crippen molar-refractivity contribution in [1.29, 1.82) is 0 Å². The number of amides is 1. The Morgan fingerprint density at radius 1 is 1.39 bits per heavy atom. The maximum Gasteiger partial charge on any atom is 0.260 e. The zero-order chi connectivity index (χ0) is 13.0. The third kappa shape index (κ3) is 2.62. The quantitative estimate of drug-likeness (QED) is 0.833. The first kappa shape index (κ1) is 12.4. The first-order valence-electron chi connectivity index (χ1n) is 5.50. The Morgan fingerprint density at radius 3 is 2.89 bits per heavy atom. The Labute approximate surface area is 109 Å². The van der Waals surface area contributed by atoms with Gasteiger partial charge in [0.15, 0.2) is 0 Å². The molecular weight excluding hydrogens is 250 g/mol. The number of aromatic hydroxyl groups is 1. The molecule has 0 aliphatic rings. The van der Waals surface area contributed by atoms with Gasteiger partial charge in [-0.2, -0.15) is 0 Å². The van der Waals surface area contributed by atoms with Crippen molar-refractivity contribution in [3.63, 3.8) is 0 Å². The molecule has 0 atom stereocenters. The van der Waals surface area contributed by atoms with Gasteiger partial charge in [-0.25, -0.2) is 0 Å². The van der Waals surface area contributed by atoms with Gasteiger partial charge < -0.3 is 15.2 Å². The summed E-state index contributed by atoms with van der Waals surface area (Å²) in [6, 6.07) is 6.60. The molecule has 18 heavy (non-hydrogen) atoms. The molecule has 94 valence electrons. The Hall–Kier alpha value is -2.01. The minimum Gasteiger partial charge on any atom is -0.506 e. The van der Waals surface area contributed by atoms with E-state index < -0.39 is 0 Å². The van der Waals surface area contributed by atoms with E-state index in [1.54, 1.807) is 29.0 Å². The summed E-state index contributed by atoms with van der Waals surface area (Å²) in [7, 11) is 0. The van der Waals surface area contributed by atoms with E-state index in [1.807, 2.05) is 6.92 Å². The highest BCUT2D eigenvalue weighted by atomic mass is 32.1. The zero-order valence-corrected chi connectivity index (χ0v) is 10.7. The van der Waals surface area contributed by atoms with Crippen LogP contribution in [0.1, 0.15) is 17.3 Å². The number of rotatable bonds is 4. The molecule has 1 amide bonds. The van der Waals surface area contributed by atoms with Crippen molar-refractivity contribution in [2.45, 2.75) is 6.92 Å². The Kier molecular flexibility index (Phi) is 3.84. The third-order valence-corrected chi connectivity index (χ3v) is 3.05. The summed E-state index contributed by atoms with van der Waals surface area (Å²) < 4.78 is 5.35. The summed E-state index contributed by atoms with van der Waals surface area (Å²) >= 11 is 1.40. The molecule has 0 radical (unpaired) electrons. The number of thiophene rings is 1. The first-order chi connectivity index (χ1) is 8.72. The van der Waals surface area contributed by atoms with E-state index in [4.69, 9.17) is 4.74 Å². The van der Waals surface area contributed by atoms with E-state index in [0.29, 0.717) is 23.6 Å². The van der Waals surface area contributed by atoms with E-state index >= 15 is 0 Å². The van der Waals surface area contributed by atoms with E-state index in [0.717, 1.165) is 0 Å². The number of nitrogens with one attached hydrogen (secondary N) is 1. The van der Waals surface area contributed by atoms with Gasteiger partial charge in [0.2, 0.25) is 0 Å². The molecule has 0 saturated heterocycles. The molecule has 0 saturated carbocycles. The van der Waals surface area contributed by atoms with Gasteiger partial charge in [0.25, 0.3) is 5.91 Å². The molecule has 0 bridgehead atoms. The molecule has 0 fully saturated rings. The number of ether oxygens (including phenoxy) is 1. The van der Waals surface area contributed by atoms with Crippen LogP contribution in [-0.4, -0.2) is 17.6 Å². The smallest absolute Gasteiger partial charge is 0.260 e. The van der Waals surface area contributed by atoms with Crippen LogP contribution in [0.15, 0.2) is 35.0 Å². The Bertz CT molecular complexity index is 551. The van der Waals surface area contributed by atoms with Gasteiger partial charge in [-0.15, -0.1) is 11.3 Å². The maximum atomic E-state index is 12.0. The van der Waals surface area contributed by atoms with Crippen molar-refractivity contribution < 1.29 is 14.6 Å². The number of anilines is 1. The molecule has 1 heterocycles. The predicted octanol–water partition coefficient (Wildman–Crippen LogP) is 3.10. The van der Waals surface area contributed by atoms with Crippen LogP contribution in [0.5, 0.6) is 11.5 Å². The first-order valence-corrected chi connectivity index (χ1v) is 6.45. The lowest BCUT2D eigenvalue weighted by molar-refractivity contribution is 0.102. The zero-order valence-electron chi connectivity index (χ0n) is 9.84. The number of phenolic OH excluding ortho intramolecular Hbond substituents is 1. The van der Waals surface area contributed by atoms with Crippen molar-refractivity contribution in [2.24, 2.45) is 0 Å². The number of hydrogen-bond donors (Lipinski definition) is 2. The van der Waals surface area contributed by atoms with Gasteiger partial charge in [0, 0.05) is 10.8 Å². The average Bonchev–Trinajstić information content (AvgIpc) is 2.81. The highest BCUT2D eigenvalue weighted by molar-refractivity contribution is 7.08. The van der Waals surface area contributed by atoms with Crippen molar-refractivity contribution in [1.82, 2.24) is 0 Å². The van der Waals surface area contributed by atoms with E-state index in [9.17, 15) is 9.90 Å². The summed E-state index contributed by atoms with van der Waals surface area (Å²) in [5.41, 5.74) is 0.862. The van der Waals surface area contributed by atoms with Crippen LogP contribution in [0.3, 0.4) is 0 Å². The molecule has 1 aromatic carbocycles. The summed E-state index contributed by atoms with van der Waals surface area (Å²) in [4.78, 5) is 12.0. The monoisotopic (exact) mass is 263 g/mol. The highest BCUT2D eigenvalue weighted by Gasteiger charge is 2.14. The number of carbonyl (C=O) groups excluding carboxylic acids is 1. The van der Waals surface area contributed by atoms with Gasteiger partial charge in [-0.1, -0.05) is 12.1 Å². The average molecular weight is 263 g/mol. The molecule has 4 nitrogen and oxygen atoms in total. The summed E-state index contributed by atoms with van der Waals surface area (Å²) in [6.45, 7) is 2.37. The van der Waals surface area contributed by atoms with Crippen LogP contribution in [0.2, 0.25) is 0 Å². The molecule has 0 aliphatic heterocycles. The largest absolute Gasteiger partial charge is 0.506 e. The number of benzene rings is 1. The van der Waals surface area contributed by atoms with E-state index in [2.05, 4.69) is 5.32 Å². The molecule has 2 N–H and O–H groups in total. The van der Waals surface area contributed by atoms with Crippen LogP contribution in [0, 0.1) is 0 Å². The van der Waals surface area contributed by atoms with Gasteiger partial charge in [0.05, 0.1) is 17.9 Å². The lowest BCUT2D eigenvalue weighted by Gasteiger charge is -2.08. The second kappa shape index (κ2) is 5.55. The van der Waals surface area contributed by atoms with Crippen LogP contribution in [-0.2, 0) is 0 Å². The number of carbonyl (C=O) groups is 1. The third-order valence-electron chi connectivity index (χ3n) is 2.32. The van der Waals surface area contributed by atoms with Gasteiger partial charge in [-0.05, 0) is 19.1 Å². The van der Waals surface area contributed by atoms with Crippen molar-refractivity contribution in [3.8, 4) is 11.5 Å². The second-order valence-corrected chi connectivity index (χ2v) is 4.30. The summed E-state index contributed by atoms with van der Waals surface area (Å²) in [5, 5.41) is 15.7. The number of phenols is 1. The van der Waals surface area contributed by atoms with Crippen LogP contribution in [0.4, 0.5) is 5.69 Å². The molecule has 0 spiro atoms. The topological polar surface area (TPSA) is 58.6 Å². The van der Waals surface area contributed by atoms with Gasteiger partial charge >= 0.3 is 0 Å². The highest BCUT2D eigenvalue weighted by Crippen LogP contribution is 2.27. The van der Waals surface area contributed by atoms with Gasteiger partial charge in [0.1, 0.15) is 11.5 Å². The van der Waals surface area contributed by atoms with Crippen LogP contribution in [0.25, 0.3) is 0 Å². The lowest BCUT2D eigenvalue weighted by Crippen LogP contribution is -2.12. The number of para-hydroxylation sites is 2. The fourth-order valence-corrected chi connectivity index (χ4v) is 2.23. The Balaban J connectivity index is 2.17. The molecule has 1 aromatic heterocycles. The normalized spacial score (nSPS) is 10.1. The summed E-state index contributed by atoms with van der Waals surface area (Å²) in [5.74, 6) is 0.315. The molecule has 0 unspecified atom stereocenters. The fraction of sp³-hybridized carbons (Fsp3) is 0.154. The molecular formula is C13H13NO3S. The maximum absolute atomic E-state index is 12.0. The number of hydrogen-bond acceptors (Lipinski definition) is 4. The molecule has 2 aromatic rings. The minimum absolute atomic E-state index is 0.0408. The fourth-order valence-electron chi connectivity index (χ4n) is 1.49. The van der Waals surface area contributed by atoms with Crippen molar-refractivity contribution in [2.75, 3.05) is 11.9 Å². The van der Waals surface area contributed by atoms with E-state index in [1.165, 1.54) is 17.4 Å². The second-order valence-electron chi connectivity index (χ2n) is 3.55. The SMILES string of the molecule is CCOc1cscc1C(=O)Nc1ccccc1O. The predicted molar refractivity (Wildman–Crippen MR) is 71.5 cm³/mol. The van der Waals surface area contributed by atoms with Crippen molar-refractivity contribution in [3.05, 3.63) is 40.6 Å². The van der Waals surface area contributed by atoms with E-state index in [-0.39, 0.29) is 11.7 Å². The molecule has 5 heteroatoms. The standard InChI is InChI=1S/C13H13NO3S/c1-2-17-12-8-18-7-9(12)13(16)14-10-5-3-4-6-11(10)15/h3-8,15H,2H2,1H3,(H,14,16). The van der Waals surface area contributed by atoms with Gasteiger partial charge in [-0.3, -0.25) is 4.79 Å². The Morgan fingerprint density at radius 2 is 2.17 bits per heavy atom. The van der Waals surface area contributed by atoms with Crippen LogP contribution >= 0.6 is 11.3 Å². The summed E-state index contributed by atoms with van der Waals surface area (Å²) in [6.07, 6.45) is 0. The molecule has 0 aliphatic carbocycles. The molecule has 2 rings (SSSR count). The van der Waals surface area contributed by atoms with Crippen molar-refractivity contribution >= 4 is 22.9 Å². The lowest BCUT2D eigenvalue weighted by atomic mass is 10.2. The minimum atomic E-state index is -0.291. The van der Waals surface area contributed by atoms with Crippen LogP contribution < -0.4 is 10.1 Å².